The quantitative estimate of drug-likeness (QED) is 0.614. The number of hydrogen-bond donors (Lipinski definition) is 0. The van der Waals surface area contributed by atoms with Gasteiger partial charge in [0.25, 0.3) is 0 Å². The number of nitrogens with zero attached hydrogens (tertiary/aromatic N) is 2. The van der Waals surface area contributed by atoms with Crippen LogP contribution in [0.4, 0.5) is 5.69 Å². The van der Waals surface area contributed by atoms with Gasteiger partial charge in [0.2, 0.25) is 11.8 Å². The minimum Gasteiger partial charge on any atom is -0.495 e. The van der Waals surface area contributed by atoms with E-state index in [0.717, 1.165) is 0 Å². The van der Waals surface area contributed by atoms with Crippen LogP contribution >= 0.6 is 0 Å². The smallest absolute Gasteiger partial charge is 0.238 e. The van der Waals surface area contributed by atoms with E-state index in [1.165, 1.54) is 18.1 Å². The maximum absolute atomic E-state index is 12.5. The maximum Gasteiger partial charge on any atom is 0.238 e. The zero-order chi connectivity index (χ0) is 15.0. The molecule has 2 amide bonds. The highest BCUT2D eigenvalue weighted by Gasteiger charge is 2.48. The number of benzene rings is 1. The molecule has 2 atom stereocenters. The van der Waals surface area contributed by atoms with E-state index in [9.17, 15) is 9.59 Å². The highest BCUT2D eigenvalue weighted by Crippen LogP contribution is 2.40. The lowest BCUT2D eigenvalue weighted by molar-refractivity contribution is -0.122. The van der Waals surface area contributed by atoms with E-state index in [1.807, 2.05) is 18.2 Å². The van der Waals surface area contributed by atoms with Gasteiger partial charge in [-0.1, -0.05) is 12.2 Å². The van der Waals surface area contributed by atoms with E-state index in [0.29, 0.717) is 29.8 Å². The molecule has 1 aromatic carbocycles. The third-order valence-electron chi connectivity index (χ3n) is 4.06. The Morgan fingerprint density at radius 3 is 2.33 bits per heavy atom. The summed E-state index contributed by atoms with van der Waals surface area (Å²) in [6, 6.07) is 6.73. The average molecular weight is 282 g/mol. The number of imide groups is 1. The van der Waals surface area contributed by atoms with Crippen LogP contribution in [0.1, 0.15) is 18.4 Å². The van der Waals surface area contributed by atoms with Crippen molar-refractivity contribution in [3.63, 3.8) is 0 Å². The van der Waals surface area contributed by atoms with Crippen LogP contribution in [0.15, 0.2) is 30.4 Å². The van der Waals surface area contributed by atoms with Gasteiger partial charge >= 0.3 is 0 Å². The summed E-state index contributed by atoms with van der Waals surface area (Å²) in [4.78, 5) is 26.3. The second-order valence-electron chi connectivity index (χ2n) is 5.17. The molecule has 1 saturated heterocycles. The molecule has 0 saturated carbocycles. The van der Waals surface area contributed by atoms with Gasteiger partial charge in [-0.2, -0.15) is 5.26 Å². The number of carbonyl (C=O) groups is 2. The van der Waals surface area contributed by atoms with Gasteiger partial charge in [0.15, 0.2) is 0 Å². The zero-order valence-corrected chi connectivity index (χ0v) is 11.6. The number of nitriles is 1. The van der Waals surface area contributed by atoms with E-state index >= 15 is 0 Å². The Hall–Kier alpha value is -2.61. The molecule has 5 nitrogen and oxygen atoms in total. The lowest BCUT2D eigenvalue weighted by atomic mass is 9.85. The molecular weight excluding hydrogens is 268 g/mol. The molecular formula is C16H14N2O3. The molecule has 1 heterocycles. The predicted octanol–water partition coefficient (Wildman–Crippen LogP) is 2.02. The molecule has 0 spiro atoms. The molecule has 2 aliphatic rings. The highest BCUT2D eigenvalue weighted by atomic mass is 16.5. The van der Waals surface area contributed by atoms with Crippen molar-refractivity contribution in [3.05, 3.63) is 35.9 Å². The number of methoxy groups -OCH3 is 1. The number of fused-ring (bicyclic) bond motifs is 1. The fourth-order valence-corrected chi connectivity index (χ4v) is 2.97. The number of anilines is 1. The van der Waals surface area contributed by atoms with Gasteiger partial charge in [-0.15, -0.1) is 0 Å². The van der Waals surface area contributed by atoms with Gasteiger partial charge in [-0.3, -0.25) is 9.59 Å². The summed E-state index contributed by atoms with van der Waals surface area (Å²) in [6.07, 6.45) is 5.10. The Bertz CT molecular complexity index is 661. The SMILES string of the molecule is COc1cc(C#N)ccc1N1C(=O)[C@H]2CC=CC[C@H]2C1=O. The van der Waals surface area contributed by atoms with Crippen molar-refractivity contribution in [2.75, 3.05) is 12.0 Å². The second kappa shape index (κ2) is 5.06. The first kappa shape index (κ1) is 13.4. The molecule has 3 rings (SSSR count). The third kappa shape index (κ3) is 2.00. The first-order valence-corrected chi connectivity index (χ1v) is 6.78. The normalized spacial score (nSPS) is 23.9. The molecule has 5 heteroatoms. The summed E-state index contributed by atoms with van der Waals surface area (Å²) in [6.45, 7) is 0. The Morgan fingerprint density at radius 1 is 1.19 bits per heavy atom. The lowest BCUT2D eigenvalue weighted by Gasteiger charge is -2.18. The lowest BCUT2D eigenvalue weighted by Crippen LogP contribution is -2.31. The largest absolute Gasteiger partial charge is 0.495 e. The second-order valence-corrected chi connectivity index (χ2v) is 5.17. The molecule has 21 heavy (non-hydrogen) atoms. The van der Waals surface area contributed by atoms with Gasteiger partial charge < -0.3 is 4.74 Å². The van der Waals surface area contributed by atoms with Crippen LogP contribution in [0, 0.1) is 23.2 Å². The average Bonchev–Trinajstić information content (AvgIpc) is 2.79. The van der Waals surface area contributed by atoms with Gasteiger partial charge in [0, 0.05) is 6.07 Å². The summed E-state index contributed by atoms with van der Waals surface area (Å²) in [5, 5.41) is 8.92. The van der Waals surface area contributed by atoms with Gasteiger partial charge in [0.05, 0.1) is 36.3 Å². The highest BCUT2D eigenvalue weighted by molar-refractivity contribution is 6.22. The number of amides is 2. The van der Waals surface area contributed by atoms with Gasteiger partial charge in [-0.25, -0.2) is 4.90 Å². The summed E-state index contributed by atoms with van der Waals surface area (Å²) >= 11 is 0. The number of allylic oxidation sites excluding steroid dienone is 2. The molecule has 1 aromatic rings. The number of ether oxygens (including phenoxy) is 1. The number of rotatable bonds is 2. The molecule has 1 aliphatic carbocycles. The van der Waals surface area contributed by atoms with E-state index in [4.69, 9.17) is 10.00 Å². The fourth-order valence-electron chi connectivity index (χ4n) is 2.97. The minimum atomic E-state index is -0.275. The van der Waals surface area contributed by atoms with Crippen LogP contribution in [0.2, 0.25) is 0 Å². The summed E-state index contributed by atoms with van der Waals surface area (Å²) in [7, 11) is 1.46. The molecule has 106 valence electrons. The molecule has 0 bridgehead atoms. The maximum atomic E-state index is 12.5. The van der Waals surface area contributed by atoms with Crippen molar-refractivity contribution in [2.45, 2.75) is 12.8 Å². The van der Waals surface area contributed by atoms with Crippen LogP contribution in [0.25, 0.3) is 0 Å². The van der Waals surface area contributed by atoms with Crippen LogP contribution in [-0.4, -0.2) is 18.9 Å². The molecule has 0 N–H and O–H groups in total. The summed E-state index contributed by atoms with van der Waals surface area (Å²) in [5.74, 6) is -0.553. The van der Waals surface area contributed by atoms with E-state index in [1.54, 1.807) is 12.1 Å². The van der Waals surface area contributed by atoms with Crippen LogP contribution in [0.5, 0.6) is 5.75 Å². The zero-order valence-electron chi connectivity index (χ0n) is 11.6. The molecule has 1 fully saturated rings. The number of carbonyl (C=O) groups excluding carboxylic acids is 2. The standard InChI is InChI=1S/C16H14N2O3/c1-21-14-8-10(9-17)6-7-13(14)18-15(19)11-4-2-3-5-12(11)16(18)20/h2-3,6-8,11-12H,4-5H2,1H3/t11-,12+. The molecule has 0 aromatic heterocycles. The Kier molecular flexibility index (Phi) is 3.22. The van der Waals surface area contributed by atoms with Gasteiger partial charge in [0.1, 0.15) is 5.75 Å². The van der Waals surface area contributed by atoms with Crippen molar-refractivity contribution < 1.29 is 14.3 Å². The van der Waals surface area contributed by atoms with Crippen LogP contribution in [-0.2, 0) is 9.59 Å². The van der Waals surface area contributed by atoms with Crippen molar-refractivity contribution in [3.8, 4) is 11.8 Å². The Balaban J connectivity index is 2.03. The Labute approximate surface area is 122 Å². The first-order chi connectivity index (χ1) is 10.2. The molecule has 1 aliphatic heterocycles. The monoisotopic (exact) mass is 282 g/mol. The fraction of sp³-hybridized carbons (Fsp3) is 0.312. The molecule has 0 unspecified atom stereocenters. The summed E-state index contributed by atoms with van der Waals surface area (Å²) in [5.41, 5.74) is 0.842. The van der Waals surface area contributed by atoms with Crippen molar-refractivity contribution in [1.82, 2.24) is 0 Å². The Morgan fingerprint density at radius 2 is 1.81 bits per heavy atom. The van der Waals surface area contributed by atoms with Crippen molar-refractivity contribution in [2.24, 2.45) is 11.8 Å². The summed E-state index contributed by atoms with van der Waals surface area (Å²) < 4.78 is 5.24. The van der Waals surface area contributed by atoms with E-state index in [-0.39, 0.29) is 23.7 Å². The van der Waals surface area contributed by atoms with Crippen molar-refractivity contribution >= 4 is 17.5 Å². The minimum absolute atomic E-state index is 0.183. The first-order valence-electron chi connectivity index (χ1n) is 6.78. The topological polar surface area (TPSA) is 70.4 Å². The molecule has 0 radical (unpaired) electrons. The van der Waals surface area contributed by atoms with Gasteiger partial charge in [-0.05, 0) is 25.0 Å². The predicted molar refractivity (Wildman–Crippen MR) is 75.6 cm³/mol. The van der Waals surface area contributed by atoms with Crippen LogP contribution < -0.4 is 9.64 Å². The number of hydrogen-bond acceptors (Lipinski definition) is 4. The third-order valence-corrected chi connectivity index (χ3v) is 4.06. The van der Waals surface area contributed by atoms with E-state index in [2.05, 4.69) is 0 Å². The van der Waals surface area contributed by atoms with Crippen molar-refractivity contribution in [1.29, 1.82) is 5.26 Å². The van der Waals surface area contributed by atoms with E-state index < -0.39 is 0 Å². The van der Waals surface area contributed by atoms with Crippen LogP contribution in [0.3, 0.4) is 0 Å².